The highest BCUT2D eigenvalue weighted by Crippen LogP contribution is 2.28. The molecule has 186 valence electrons. The van der Waals surface area contributed by atoms with E-state index >= 15 is 0 Å². The van der Waals surface area contributed by atoms with Crippen LogP contribution in [0.2, 0.25) is 0 Å². The summed E-state index contributed by atoms with van der Waals surface area (Å²) in [6, 6.07) is 15.2. The Bertz CT molecular complexity index is 1130. The maximum absolute atomic E-state index is 13.2. The molecule has 7 nitrogen and oxygen atoms in total. The van der Waals surface area contributed by atoms with Crippen LogP contribution in [0.15, 0.2) is 52.9 Å². The number of piperidine rings is 1. The highest BCUT2D eigenvalue weighted by molar-refractivity contribution is 5.97. The zero-order chi connectivity index (χ0) is 24.8. The lowest BCUT2D eigenvalue weighted by molar-refractivity contribution is -0.126. The topological polar surface area (TPSA) is 78.7 Å². The molecule has 4 rings (SSSR count). The molecule has 0 saturated carbocycles. The summed E-state index contributed by atoms with van der Waals surface area (Å²) in [5, 5.41) is 3.09. The number of rotatable bonds is 9. The number of fused-ring (bicyclic) bond motifs is 1. The minimum absolute atomic E-state index is 0.000613. The molecule has 0 radical (unpaired) electrons. The molecule has 2 heterocycles. The van der Waals surface area contributed by atoms with Crippen molar-refractivity contribution >= 4 is 22.9 Å². The molecule has 0 aliphatic carbocycles. The second-order valence-corrected chi connectivity index (χ2v) is 9.30. The zero-order valence-corrected chi connectivity index (χ0v) is 21.0. The second-order valence-electron chi connectivity index (χ2n) is 9.30. The van der Waals surface area contributed by atoms with Gasteiger partial charge in [0.05, 0.1) is 0 Å². The fourth-order valence-corrected chi connectivity index (χ4v) is 4.80. The van der Waals surface area contributed by atoms with Crippen molar-refractivity contribution in [3.63, 3.8) is 0 Å². The summed E-state index contributed by atoms with van der Waals surface area (Å²) < 4.78 is 5.94. The summed E-state index contributed by atoms with van der Waals surface area (Å²) in [7, 11) is 0. The van der Waals surface area contributed by atoms with E-state index in [9.17, 15) is 9.59 Å². The maximum atomic E-state index is 13.2. The molecule has 7 heteroatoms. The first kappa shape index (κ1) is 24.9. The first-order valence-corrected chi connectivity index (χ1v) is 12.8. The van der Waals surface area contributed by atoms with Crippen molar-refractivity contribution in [1.82, 2.24) is 20.1 Å². The van der Waals surface area contributed by atoms with E-state index in [4.69, 9.17) is 4.42 Å². The van der Waals surface area contributed by atoms with Crippen LogP contribution in [0.25, 0.3) is 22.6 Å². The molecule has 2 aromatic carbocycles. The van der Waals surface area contributed by atoms with Crippen LogP contribution in [0, 0.1) is 11.8 Å². The van der Waals surface area contributed by atoms with E-state index in [1.165, 1.54) is 0 Å². The molecule has 0 unspecified atom stereocenters. The second kappa shape index (κ2) is 11.5. The molecule has 0 spiro atoms. The number of nitrogens with zero attached hydrogens (tertiary/aromatic N) is 3. The number of oxazole rings is 1. The Hall–Kier alpha value is -3.19. The number of likely N-dealkylation sites (tertiary alicyclic amines) is 1. The van der Waals surface area contributed by atoms with Gasteiger partial charge in [0.15, 0.2) is 5.58 Å². The Morgan fingerprint density at radius 1 is 1.11 bits per heavy atom. The van der Waals surface area contributed by atoms with Crippen LogP contribution in [0.4, 0.5) is 0 Å². The van der Waals surface area contributed by atoms with Crippen LogP contribution < -0.4 is 5.32 Å². The van der Waals surface area contributed by atoms with Crippen molar-refractivity contribution < 1.29 is 14.0 Å². The minimum Gasteiger partial charge on any atom is -0.436 e. The minimum atomic E-state index is -0.0501. The highest BCUT2D eigenvalue weighted by Gasteiger charge is 2.30. The first-order chi connectivity index (χ1) is 17.0. The lowest BCUT2D eigenvalue weighted by atomic mass is 9.84. The Morgan fingerprint density at radius 2 is 1.83 bits per heavy atom. The van der Waals surface area contributed by atoms with E-state index in [0.29, 0.717) is 36.7 Å². The molecule has 1 aliphatic heterocycles. The van der Waals surface area contributed by atoms with Gasteiger partial charge in [0, 0.05) is 43.2 Å². The molecule has 0 bridgehead atoms. The average molecular weight is 477 g/mol. The summed E-state index contributed by atoms with van der Waals surface area (Å²) in [4.78, 5) is 34.5. The standard InChI is InChI=1S/C28H36N4O3/c1-4-31(5-2)18-15-29-26(33)20(3)21-13-16-32(17-14-21)28(34)23-11-12-24-25(19-23)35-27(30-24)22-9-7-6-8-10-22/h6-12,19-21H,4-5,13-18H2,1-3H3,(H,29,33)/t20-/m1/s1. The largest absolute Gasteiger partial charge is 0.436 e. The summed E-state index contributed by atoms with van der Waals surface area (Å²) >= 11 is 0. The Kier molecular flexibility index (Phi) is 8.18. The average Bonchev–Trinajstić information content (AvgIpc) is 3.34. The third-order valence-corrected chi connectivity index (χ3v) is 7.23. The van der Waals surface area contributed by atoms with Gasteiger partial charge in [-0.15, -0.1) is 0 Å². The molecule has 1 saturated heterocycles. The van der Waals surface area contributed by atoms with Crippen molar-refractivity contribution in [2.45, 2.75) is 33.6 Å². The van der Waals surface area contributed by atoms with Gasteiger partial charge in [0.1, 0.15) is 5.52 Å². The molecule has 35 heavy (non-hydrogen) atoms. The van der Waals surface area contributed by atoms with Gasteiger partial charge in [-0.2, -0.15) is 0 Å². The summed E-state index contributed by atoms with van der Waals surface area (Å²) in [5.41, 5.74) is 2.86. The van der Waals surface area contributed by atoms with Crippen LogP contribution in [-0.4, -0.2) is 65.9 Å². The highest BCUT2D eigenvalue weighted by atomic mass is 16.3. The lowest BCUT2D eigenvalue weighted by Crippen LogP contribution is -2.43. The number of hydrogen-bond donors (Lipinski definition) is 1. The summed E-state index contributed by atoms with van der Waals surface area (Å²) in [5.74, 6) is 0.908. The number of carbonyl (C=O) groups excluding carboxylic acids is 2. The summed E-state index contributed by atoms with van der Waals surface area (Å²) in [6.07, 6.45) is 1.66. The van der Waals surface area contributed by atoms with Gasteiger partial charge in [-0.1, -0.05) is 39.0 Å². The number of benzene rings is 2. The fourth-order valence-electron chi connectivity index (χ4n) is 4.80. The molecule has 2 amide bonds. The number of nitrogens with one attached hydrogen (secondary N) is 1. The molecular weight excluding hydrogens is 440 g/mol. The van der Waals surface area contributed by atoms with Crippen LogP contribution in [0.5, 0.6) is 0 Å². The lowest BCUT2D eigenvalue weighted by Gasteiger charge is -2.34. The van der Waals surface area contributed by atoms with Gasteiger partial charge < -0.3 is 19.5 Å². The number of hydrogen-bond acceptors (Lipinski definition) is 5. The van der Waals surface area contributed by atoms with Crippen LogP contribution in [0.1, 0.15) is 44.0 Å². The van der Waals surface area contributed by atoms with Gasteiger partial charge in [-0.05, 0) is 62.2 Å². The van der Waals surface area contributed by atoms with Crippen molar-refractivity contribution in [2.75, 3.05) is 39.3 Å². The SMILES string of the molecule is CCN(CC)CCNC(=O)[C@H](C)C1CCN(C(=O)c2ccc3nc(-c4ccccc4)oc3c2)CC1. The van der Waals surface area contributed by atoms with Gasteiger partial charge >= 0.3 is 0 Å². The van der Waals surface area contributed by atoms with Crippen molar-refractivity contribution in [3.05, 3.63) is 54.1 Å². The van der Waals surface area contributed by atoms with Gasteiger partial charge in [-0.3, -0.25) is 9.59 Å². The quantitative estimate of drug-likeness (QED) is 0.494. The molecule has 1 aromatic heterocycles. The molecule has 1 fully saturated rings. The van der Waals surface area contributed by atoms with E-state index in [-0.39, 0.29) is 23.7 Å². The molecule has 1 atom stereocenters. The number of amides is 2. The monoisotopic (exact) mass is 476 g/mol. The van der Waals surface area contributed by atoms with Gasteiger partial charge in [0.2, 0.25) is 11.8 Å². The third kappa shape index (κ3) is 5.90. The Morgan fingerprint density at radius 3 is 2.51 bits per heavy atom. The number of carbonyl (C=O) groups is 2. The molecule has 1 aliphatic rings. The zero-order valence-electron chi connectivity index (χ0n) is 21.0. The fraction of sp³-hybridized carbons (Fsp3) is 0.464. The van der Waals surface area contributed by atoms with Crippen molar-refractivity contribution in [1.29, 1.82) is 0 Å². The van der Waals surface area contributed by atoms with Crippen molar-refractivity contribution in [3.8, 4) is 11.5 Å². The van der Waals surface area contributed by atoms with Crippen molar-refractivity contribution in [2.24, 2.45) is 11.8 Å². The van der Waals surface area contributed by atoms with E-state index < -0.39 is 0 Å². The number of aromatic nitrogens is 1. The van der Waals surface area contributed by atoms with E-state index in [0.717, 1.165) is 43.6 Å². The number of likely N-dealkylation sites (N-methyl/N-ethyl adjacent to an activating group) is 1. The molecule has 3 aromatic rings. The predicted molar refractivity (Wildman–Crippen MR) is 138 cm³/mol. The van der Waals surface area contributed by atoms with E-state index in [2.05, 4.69) is 29.0 Å². The first-order valence-electron chi connectivity index (χ1n) is 12.8. The van der Waals surface area contributed by atoms with Gasteiger partial charge in [-0.25, -0.2) is 4.98 Å². The van der Waals surface area contributed by atoms with E-state index in [1.807, 2.05) is 54.3 Å². The van der Waals surface area contributed by atoms with Crippen LogP contribution in [-0.2, 0) is 4.79 Å². The Balaban J connectivity index is 1.32. The van der Waals surface area contributed by atoms with Crippen LogP contribution in [0.3, 0.4) is 0 Å². The summed E-state index contributed by atoms with van der Waals surface area (Å²) in [6.45, 7) is 11.1. The van der Waals surface area contributed by atoms with E-state index in [1.54, 1.807) is 6.07 Å². The predicted octanol–water partition coefficient (Wildman–Crippen LogP) is 4.44. The normalized spacial score (nSPS) is 15.5. The maximum Gasteiger partial charge on any atom is 0.253 e. The third-order valence-electron chi connectivity index (χ3n) is 7.23. The van der Waals surface area contributed by atoms with Crippen LogP contribution >= 0.6 is 0 Å². The Labute approximate surface area is 207 Å². The smallest absolute Gasteiger partial charge is 0.253 e. The van der Waals surface area contributed by atoms with Gasteiger partial charge in [0.25, 0.3) is 5.91 Å². The molecule has 1 N–H and O–H groups in total. The molecular formula is C28H36N4O3.